The number of benzene rings is 1. The molecule has 0 atom stereocenters. The predicted molar refractivity (Wildman–Crippen MR) is 119 cm³/mol. The Kier molecular flexibility index (Phi) is 6.15. The molecule has 8 heteroatoms. The Morgan fingerprint density at radius 3 is 2.53 bits per heavy atom. The molecule has 30 heavy (non-hydrogen) atoms. The van der Waals surface area contributed by atoms with Crippen molar-refractivity contribution in [3.8, 4) is 0 Å². The van der Waals surface area contributed by atoms with Gasteiger partial charge in [-0.15, -0.1) is 0 Å². The lowest BCUT2D eigenvalue weighted by Crippen LogP contribution is -2.24. The normalized spacial score (nSPS) is 16.2. The van der Waals surface area contributed by atoms with Gasteiger partial charge in [-0.25, -0.2) is 8.78 Å². The van der Waals surface area contributed by atoms with Crippen molar-refractivity contribution in [2.75, 3.05) is 10.6 Å². The highest BCUT2D eigenvalue weighted by Gasteiger charge is 2.23. The molecule has 5 nitrogen and oxygen atoms in total. The van der Waals surface area contributed by atoms with E-state index in [9.17, 15) is 8.78 Å². The zero-order valence-electron chi connectivity index (χ0n) is 17.3. The number of pyridine rings is 1. The summed E-state index contributed by atoms with van der Waals surface area (Å²) < 4.78 is 27.7. The van der Waals surface area contributed by atoms with Crippen molar-refractivity contribution in [2.45, 2.75) is 52.4 Å². The Balaban J connectivity index is 1.43. The molecular weight excluding hydrogens is 404 g/mol. The monoisotopic (exact) mass is 429 g/mol. The van der Waals surface area contributed by atoms with Crippen LogP contribution in [-0.4, -0.2) is 40.0 Å². The van der Waals surface area contributed by atoms with Crippen LogP contribution in [-0.2, 0) is 19.6 Å². The molecule has 0 spiro atoms. The summed E-state index contributed by atoms with van der Waals surface area (Å²) in [5.74, 6) is 0. The number of hydrogen-bond donors (Lipinski definition) is 0. The molecule has 2 aliphatic heterocycles. The van der Waals surface area contributed by atoms with E-state index >= 15 is 0 Å². The van der Waals surface area contributed by atoms with Crippen LogP contribution in [0, 0.1) is 0 Å². The molecule has 2 aromatic rings. The fraction of sp³-hybridized carbons (Fsp3) is 0.409. The fourth-order valence-corrected chi connectivity index (χ4v) is 4.26. The second-order valence-corrected chi connectivity index (χ2v) is 8.63. The molecule has 0 N–H and O–H groups in total. The van der Waals surface area contributed by atoms with Gasteiger partial charge in [-0.1, -0.05) is 18.0 Å². The van der Waals surface area contributed by atoms with Crippen LogP contribution in [0.25, 0.3) is 0 Å². The number of hydrogen-bond acceptors (Lipinski definition) is 6. The number of rotatable bonds is 7. The topological polar surface area (TPSA) is 44.1 Å². The lowest BCUT2D eigenvalue weighted by molar-refractivity contribution is 0.224. The van der Waals surface area contributed by atoms with E-state index < -0.39 is 6.43 Å². The molecule has 1 aromatic carbocycles. The number of nitrogens with zero attached hydrogens (tertiary/aromatic N) is 5. The Morgan fingerprint density at radius 2 is 1.90 bits per heavy atom. The summed E-state index contributed by atoms with van der Waals surface area (Å²) in [5, 5.41) is 7.45. The van der Waals surface area contributed by atoms with Crippen LogP contribution in [0.2, 0.25) is 0 Å². The summed E-state index contributed by atoms with van der Waals surface area (Å²) in [4.78, 5) is 7.00. The van der Waals surface area contributed by atoms with E-state index in [0.29, 0.717) is 18.3 Å². The van der Waals surface area contributed by atoms with Gasteiger partial charge < -0.3 is 4.31 Å². The second-order valence-electron chi connectivity index (χ2n) is 7.82. The van der Waals surface area contributed by atoms with Crippen molar-refractivity contribution >= 4 is 29.1 Å². The van der Waals surface area contributed by atoms with Gasteiger partial charge in [-0.05, 0) is 49.2 Å². The number of alkyl halides is 2. The number of fused-ring (bicyclic) bond motifs is 1. The van der Waals surface area contributed by atoms with Gasteiger partial charge in [0.1, 0.15) is 5.71 Å². The van der Waals surface area contributed by atoms with Crippen LogP contribution < -0.4 is 4.31 Å². The summed E-state index contributed by atoms with van der Waals surface area (Å²) in [6.45, 7) is 7.11. The lowest BCUT2D eigenvalue weighted by atomic mass is 10.1. The predicted octanol–water partition coefficient (Wildman–Crippen LogP) is 4.90. The highest BCUT2D eigenvalue weighted by molar-refractivity contribution is 7.99. The average molecular weight is 430 g/mol. The fourth-order valence-electron chi connectivity index (χ4n) is 3.67. The van der Waals surface area contributed by atoms with Crippen LogP contribution in [0.3, 0.4) is 0 Å². The van der Waals surface area contributed by atoms with E-state index in [1.807, 2.05) is 12.1 Å². The van der Waals surface area contributed by atoms with Gasteiger partial charge in [0.05, 0.1) is 18.0 Å². The molecule has 3 heterocycles. The van der Waals surface area contributed by atoms with Crippen molar-refractivity contribution in [1.29, 1.82) is 0 Å². The molecular formula is C22H25F2N5S. The first-order valence-electron chi connectivity index (χ1n) is 9.99. The Hall–Kier alpha value is -2.32. The van der Waals surface area contributed by atoms with Crippen molar-refractivity contribution in [2.24, 2.45) is 10.2 Å². The molecule has 4 rings (SSSR count). The van der Waals surface area contributed by atoms with Crippen molar-refractivity contribution in [3.05, 3.63) is 58.9 Å². The highest BCUT2D eigenvalue weighted by Crippen LogP contribution is 2.31. The minimum absolute atomic E-state index is 0.0815. The molecule has 0 amide bonds. The first-order chi connectivity index (χ1) is 14.4. The SMILES string of the molecule is CSN(Cc1ccc(C2=NN=C(C(F)F)C2)cn1)c1ccc2c(c1)CN(C(C)C)C2. The Bertz CT molecular complexity index is 972. The molecule has 0 fully saturated rings. The molecule has 0 unspecified atom stereocenters. The maximum Gasteiger partial charge on any atom is 0.278 e. The Labute approximate surface area is 180 Å². The van der Waals surface area contributed by atoms with Crippen LogP contribution >= 0.6 is 11.9 Å². The van der Waals surface area contributed by atoms with Crippen LogP contribution in [0.4, 0.5) is 14.5 Å². The quantitative estimate of drug-likeness (QED) is 0.587. The first kappa shape index (κ1) is 20.9. The number of aromatic nitrogens is 1. The summed E-state index contributed by atoms with van der Waals surface area (Å²) in [7, 11) is 0. The molecule has 2 aliphatic rings. The lowest BCUT2D eigenvalue weighted by Gasteiger charge is -2.22. The van der Waals surface area contributed by atoms with Gasteiger partial charge in [-0.3, -0.25) is 9.88 Å². The zero-order valence-corrected chi connectivity index (χ0v) is 18.2. The van der Waals surface area contributed by atoms with E-state index in [0.717, 1.165) is 30.0 Å². The summed E-state index contributed by atoms with van der Waals surface area (Å²) in [6.07, 6.45) is 1.27. The van der Waals surface area contributed by atoms with E-state index in [1.54, 1.807) is 18.1 Å². The van der Waals surface area contributed by atoms with Crippen LogP contribution in [0.15, 0.2) is 46.7 Å². The van der Waals surface area contributed by atoms with Gasteiger partial charge in [0, 0.05) is 49.3 Å². The molecule has 0 saturated carbocycles. The Morgan fingerprint density at radius 1 is 1.10 bits per heavy atom. The highest BCUT2D eigenvalue weighted by atomic mass is 32.2. The minimum Gasteiger partial charge on any atom is -0.310 e. The minimum atomic E-state index is -2.56. The zero-order chi connectivity index (χ0) is 21.3. The smallest absolute Gasteiger partial charge is 0.278 e. The summed E-state index contributed by atoms with van der Waals surface area (Å²) >= 11 is 1.66. The second kappa shape index (κ2) is 8.81. The van der Waals surface area contributed by atoms with Gasteiger partial charge >= 0.3 is 0 Å². The maximum absolute atomic E-state index is 12.8. The third-order valence-corrected chi connectivity index (χ3v) is 6.32. The molecule has 0 saturated heterocycles. The van der Waals surface area contributed by atoms with Crippen LogP contribution in [0.1, 0.15) is 42.7 Å². The molecule has 0 aliphatic carbocycles. The molecule has 1 aromatic heterocycles. The van der Waals surface area contributed by atoms with Gasteiger partial charge in [0.25, 0.3) is 6.43 Å². The molecule has 0 bridgehead atoms. The first-order valence-corrected chi connectivity index (χ1v) is 11.2. The average Bonchev–Trinajstić information content (AvgIpc) is 3.39. The molecule has 0 radical (unpaired) electrons. The number of halogens is 2. The summed E-state index contributed by atoms with van der Waals surface area (Å²) in [5.41, 5.74) is 5.95. The van der Waals surface area contributed by atoms with E-state index in [4.69, 9.17) is 0 Å². The number of anilines is 1. The third kappa shape index (κ3) is 4.39. The van der Waals surface area contributed by atoms with E-state index in [1.165, 1.54) is 11.1 Å². The largest absolute Gasteiger partial charge is 0.310 e. The third-order valence-electron chi connectivity index (χ3n) is 5.54. The summed E-state index contributed by atoms with van der Waals surface area (Å²) in [6, 6.07) is 11.0. The standard InChI is InChI=1S/C22H25F2N5S/c1-14(2)28-11-16-5-7-19(8-17(16)12-28)29(30-3)13-18-6-4-15(10-25-18)20-9-21(22(23)24)27-26-20/h4-8,10,14,22H,9,11-13H2,1-3H3. The van der Waals surface area contributed by atoms with Crippen molar-refractivity contribution in [1.82, 2.24) is 9.88 Å². The van der Waals surface area contributed by atoms with Crippen molar-refractivity contribution in [3.63, 3.8) is 0 Å². The van der Waals surface area contributed by atoms with Gasteiger partial charge in [-0.2, -0.15) is 10.2 Å². The van der Waals surface area contributed by atoms with Crippen LogP contribution in [0.5, 0.6) is 0 Å². The van der Waals surface area contributed by atoms with E-state index in [2.05, 4.69) is 62.7 Å². The van der Waals surface area contributed by atoms with Gasteiger partial charge in [0.2, 0.25) is 0 Å². The molecule has 158 valence electrons. The van der Waals surface area contributed by atoms with Gasteiger partial charge in [0.15, 0.2) is 0 Å². The van der Waals surface area contributed by atoms with Crippen molar-refractivity contribution < 1.29 is 8.78 Å². The van der Waals surface area contributed by atoms with E-state index in [-0.39, 0.29) is 12.1 Å². The maximum atomic E-state index is 12.8.